The summed E-state index contributed by atoms with van der Waals surface area (Å²) in [6, 6.07) is 5.02. The van der Waals surface area contributed by atoms with E-state index >= 15 is 0 Å². The lowest BCUT2D eigenvalue weighted by molar-refractivity contribution is -0.134. The zero-order valence-electron chi connectivity index (χ0n) is 31.3. The fraction of sp³-hybridized carbons (Fsp3) is 0.538. The molecule has 2 saturated heterocycles. The van der Waals surface area contributed by atoms with E-state index in [-0.39, 0.29) is 83.5 Å². The van der Waals surface area contributed by atoms with Crippen molar-refractivity contribution < 1.29 is 32.3 Å². The van der Waals surface area contributed by atoms with Crippen LogP contribution in [0.3, 0.4) is 0 Å². The summed E-state index contributed by atoms with van der Waals surface area (Å²) in [6.07, 6.45) is 8.69. The Labute approximate surface area is 326 Å². The molecule has 0 aromatic carbocycles. The third-order valence-corrected chi connectivity index (χ3v) is 12.0. The van der Waals surface area contributed by atoms with Gasteiger partial charge in [0.05, 0.1) is 30.4 Å². The molecule has 4 amide bonds. The van der Waals surface area contributed by atoms with Gasteiger partial charge in [0, 0.05) is 61.2 Å². The highest BCUT2D eigenvalue weighted by atomic mass is 19.3. The van der Waals surface area contributed by atoms with Crippen molar-refractivity contribution in [2.75, 3.05) is 23.3 Å². The fourth-order valence-electron chi connectivity index (χ4n) is 8.83. The topological polar surface area (TPSA) is 195 Å². The van der Waals surface area contributed by atoms with Crippen molar-refractivity contribution in [2.24, 2.45) is 11.7 Å². The molecule has 15 nitrogen and oxygen atoms in total. The van der Waals surface area contributed by atoms with E-state index < -0.39 is 24.2 Å². The molecule has 0 radical (unpaired) electrons. The molecule has 8 rings (SSSR count). The van der Waals surface area contributed by atoms with E-state index in [0.29, 0.717) is 50.9 Å². The Morgan fingerprint density at radius 2 is 1.75 bits per heavy atom. The minimum Gasteiger partial charge on any atom is -0.353 e. The van der Waals surface area contributed by atoms with Gasteiger partial charge in [-0.05, 0) is 81.9 Å². The van der Waals surface area contributed by atoms with Crippen LogP contribution in [-0.2, 0) is 14.4 Å². The highest BCUT2D eigenvalue weighted by molar-refractivity contribution is 6.08. The summed E-state index contributed by atoms with van der Waals surface area (Å²) < 4.78 is 45.5. The Balaban J connectivity index is 0.834. The molecule has 2 saturated carbocycles. The van der Waals surface area contributed by atoms with Gasteiger partial charge in [-0.3, -0.25) is 34.2 Å². The molecule has 57 heavy (non-hydrogen) atoms. The quantitative estimate of drug-likeness (QED) is 0.176. The van der Waals surface area contributed by atoms with Crippen LogP contribution in [0.25, 0.3) is 5.65 Å². The van der Waals surface area contributed by atoms with Crippen LogP contribution in [-0.4, -0.2) is 84.3 Å². The van der Waals surface area contributed by atoms with Crippen LogP contribution in [0.2, 0.25) is 0 Å². The first kappa shape index (κ1) is 38.5. The van der Waals surface area contributed by atoms with Gasteiger partial charge >= 0.3 is 0 Å². The number of fused-ring (bicyclic) bond motifs is 1. The summed E-state index contributed by atoms with van der Waals surface area (Å²) in [7, 11) is 0. The number of nitrogens with two attached hydrogens (primary N) is 1. The average molecular weight is 790 g/mol. The number of imide groups is 1. The van der Waals surface area contributed by atoms with Gasteiger partial charge in [-0.1, -0.05) is 6.07 Å². The molecule has 6 heterocycles. The number of amides is 4. The molecule has 1 unspecified atom stereocenters. The van der Waals surface area contributed by atoms with Gasteiger partial charge in [-0.25, -0.2) is 22.7 Å². The monoisotopic (exact) mass is 789 g/mol. The molecule has 302 valence electrons. The van der Waals surface area contributed by atoms with Crippen LogP contribution in [0, 0.1) is 5.92 Å². The minimum absolute atomic E-state index is 0.00289. The van der Waals surface area contributed by atoms with Crippen LogP contribution in [0.15, 0.2) is 43.0 Å². The second-order valence-electron chi connectivity index (χ2n) is 15.9. The first-order valence-corrected chi connectivity index (χ1v) is 19.8. The summed E-state index contributed by atoms with van der Waals surface area (Å²) in [5.41, 5.74) is 7.34. The summed E-state index contributed by atoms with van der Waals surface area (Å²) >= 11 is 0. The average Bonchev–Trinajstić information content (AvgIpc) is 3.83. The summed E-state index contributed by atoms with van der Waals surface area (Å²) in [5.74, 6) is -1.10. The number of anilines is 2. The van der Waals surface area contributed by atoms with Crippen LogP contribution in [0.4, 0.5) is 24.7 Å². The van der Waals surface area contributed by atoms with Crippen molar-refractivity contribution in [3.05, 3.63) is 65.5 Å². The lowest BCUT2D eigenvalue weighted by Gasteiger charge is -2.33. The Morgan fingerprint density at radius 3 is 2.46 bits per heavy atom. The molecule has 4 fully saturated rings. The predicted molar refractivity (Wildman–Crippen MR) is 201 cm³/mol. The Hall–Kier alpha value is -5.39. The second kappa shape index (κ2) is 16.2. The number of aromatic nitrogens is 6. The molecular weight excluding hydrogens is 743 g/mol. The molecule has 0 spiro atoms. The molecule has 4 aromatic rings. The SMILES string of the molecule is N[C@@H]1C[C@@H](F)CN(c2ccn3ncc(C(=O)Nc4cn(C5CCC(C(=O)NC6CCC(c7ccc(C8CCC(=O)NC8=O)cn7)CC6)CC5)nc4C(F)F)c3n2)C1. The molecule has 3 atom stereocenters. The van der Waals surface area contributed by atoms with E-state index in [4.69, 9.17) is 5.73 Å². The van der Waals surface area contributed by atoms with Gasteiger partial charge in [-0.15, -0.1) is 0 Å². The van der Waals surface area contributed by atoms with Gasteiger partial charge in [0.25, 0.3) is 12.3 Å². The first-order chi connectivity index (χ1) is 27.5. The van der Waals surface area contributed by atoms with Crippen molar-refractivity contribution in [3.8, 4) is 0 Å². The first-order valence-electron chi connectivity index (χ1n) is 19.8. The lowest BCUT2D eigenvalue weighted by atomic mass is 9.82. The van der Waals surface area contributed by atoms with E-state index in [0.717, 1.165) is 36.9 Å². The number of alkyl halides is 3. The molecule has 18 heteroatoms. The fourth-order valence-corrected chi connectivity index (χ4v) is 8.83. The molecule has 2 aliphatic carbocycles. The van der Waals surface area contributed by atoms with Gasteiger partial charge in [0.1, 0.15) is 17.6 Å². The maximum Gasteiger partial charge on any atom is 0.284 e. The number of piperidine rings is 2. The Kier molecular flexibility index (Phi) is 11.0. The van der Waals surface area contributed by atoms with Gasteiger partial charge in [0.2, 0.25) is 17.7 Å². The largest absolute Gasteiger partial charge is 0.353 e. The van der Waals surface area contributed by atoms with E-state index in [1.807, 2.05) is 12.1 Å². The molecule has 5 N–H and O–H groups in total. The maximum absolute atomic E-state index is 14.2. The highest BCUT2D eigenvalue weighted by Gasteiger charge is 2.33. The van der Waals surface area contributed by atoms with Crippen molar-refractivity contribution in [1.29, 1.82) is 0 Å². The highest BCUT2D eigenvalue weighted by Crippen LogP contribution is 2.37. The molecule has 4 aromatic heterocycles. The number of rotatable bonds is 9. The van der Waals surface area contributed by atoms with Crippen molar-refractivity contribution in [3.63, 3.8) is 0 Å². The number of nitrogens with one attached hydrogen (secondary N) is 3. The van der Waals surface area contributed by atoms with Crippen LogP contribution in [0.1, 0.15) is 122 Å². The number of halogens is 3. The minimum atomic E-state index is -2.95. The van der Waals surface area contributed by atoms with E-state index in [1.165, 1.54) is 21.6 Å². The normalized spacial score (nSPS) is 27.0. The van der Waals surface area contributed by atoms with Crippen LogP contribution < -0.4 is 26.6 Å². The smallest absolute Gasteiger partial charge is 0.284 e. The van der Waals surface area contributed by atoms with Gasteiger partial charge in [0.15, 0.2) is 11.3 Å². The van der Waals surface area contributed by atoms with E-state index in [1.54, 1.807) is 23.4 Å². The number of carbonyl (C=O) groups is 4. The van der Waals surface area contributed by atoms with Crippen molar-refractivity contribution >= 4 is 40.8 Å². The molecular formula is C39H46F3N11O4. The van der Waals surface area contributed by atoms with E-state index in [2.05, 4.69) is 36.1 Å². The zero-order valence-corrected chi connectivity index (χ0v) is 31.3. The zero-order chi connectivity index (χ0) is 39.8. The van der Waals surface area contributed by atoms with E-state index in [9.17, 15) is 32.3 Å². The van der Waals surface area contributed by atoms with Gasteiger partial charge in [-0.2, -0.15) is 10.2 Å². The standard InChI is InChI=1S/C39H46F3N11O4/c40-24-15-25(43)19-51(18-24)32-13-14-52-36(48-32)29(17-45-52)39(57)47-31-20-53(50-34(31)35(41)42)27-8-3-22(4-9-27)37(55)46-26-6-1-21(2-7-26)30-11-5-23(16-44-30)28-10-12-33(54)49-38(28)56/h5,11,13-14,16-17,20-22,24-28,35H,1-4,6-10,12,15,18-19,43H2,(H,46,55)(H,47,57)(H,49,54,56)/t21?,22?,24-,25-,26?,27?,28?/m1/s1. The summed E-state index contributed by atoms with van der Waals surface area (Å²) in [5, 5.41) is 16.6. The van der Waals surface area contributed by atoms with Crippen LogP contribution >= 0.6 is 0 Å². The molecule has 2 aliphatic heterocycles. The summed E-state index contributed by atoms with van der Waals surface area (Å²) in [4.78, 5) is 61.4. The number of nitrogens with zero attached hydrogens (tertiary/aromatic N) is 7. The van der Waals surface area contributed by atoms with Crippen molar-refractivity contribution in [1.82, 2.24) is 40.0 Å². The number of pyridine rings is 1. The summed E-state index contributed by atoms with van der Waals surface area (Å²) in [6.45, 7) is 0.515. The Bertz CT molecular complexity index is 2120. The van der Waals surface area contributed by atoms with Crippen LogP contribution in [0.5, 0.6) is 0 Å². The molecule has 0 bridgehead atoms. The second-order valence-corrected chi connectivity index (χ2v) is 15.9. The van der Waals surface area contributed by atoms with Crippen molar-refractivity contribution in [2.45, 2.75) is 113 Å². The van der Waals surface area contributed by atoms with Gasteiger partial charge < -0.3 is 21.3 Å². The number of hydrogen-bond donors (Lipinski definition) is 4. The Morgan fingerprint density at radius 1 is 0.965 bits per heavy atom. The number of hydrogen-bond acceptors (Lipinski definition) is 10. The maximum atomic E-state index is 14.2. The third kappa shape index (κ3) is 8.36. The number of carbonyl (C=O) groups excluding carboxylic acids is 4. The third-order valence-electron chi connectivity index (χ3n) is 12.0. The molecule has 4 aliphatic rings. The lowest BCUT2D eigenvalue weighted by Crippen LogP contribution is -2.48. The predicted octanol–water partition coefficient (Wildman–Crippen LogP) is 4.48.